The third-order valence-corrected chi connectivity index (χ3v) is 4.45. The Morgan fingerprint density at radius 3 is 2.48 bits per heavy atom. The van der Waals surface area contributed by atoms with Crippen molar-refractivity contribution >= 4 is 18.1 Å². The van der Waals surface area contributed by atoms with Gasteiger partial charge < -0.3 is 14.2 Å². The maximum absolute atomic E-state index is 13.7. The highest BCUT2D eigenvalue weighted by Crippen LogP contribution is 2.28. The number of ether oxygens (including phenoxy) is 3. The molecule has 0 fully saturated rings. The molecule has 0 aromatic heterocycles. The van der Waals surface area contributed by atoms with Crippen LogP contribution in [0.15, 0.2) is 71.8 Å². The SMILES string of the molecule is CCCOc1ccc(C(=O)Oc2ccc(C=NNC(=O)c3ccccc3F)cc2OC)cc1. The van der Waals surface area contributed by atoms with E-state index in [4.69, 9.17) is 14.2 Å². The van der Waals surface area contributed by atoms with Gasteiger partial charge in [0.25, 0.3) is 5.91 Å². The second-order valence-corrected chi connectivity index (χ2v) is 6.85. The minimum Gasteiger partial charge on any atom is -0.494 e. The van der Waals surface area contributed by atoms with Crippen LogP contribution in [0.5, 0.6) is 17.2 Å². The number of nitrogens with one attached hydrogen (secondary N) is 1. The Balaban J connectivity index is 1.64. The summed E-state index contributed by atoms with van der Waals surface area (Å²) in [5, 5.41) is 3.84. The van der Waals surface area contributed by atoms with E-state index in [-0.39, 0.29) is 11.3 Å². The molecule has 0 aliphatic carbocycles. The summed E-state index contributed by atoms with van der Waals surface area (Å²) in [5.74, 6) is -0.656. The van der Waals surface area contributed by atoms with Crippen LogP contribution in [0.1, 0.15) is 39.6 Å². The van der Waals surface area contributed by atoms with Crippen LogP contribution in [-0.2, 0) is 0 Å². The van der Waals surface area contributed by atoms with Gasteiger partial charge in [0.15, 0.2) is 11.5 Å². The average Bonchev–Trinajstić information content (AvgIpc) is 2.84. The van der Waals surface area contributed by atoms with Gasteiger partial charge in [-0.1, -0.05) is 19.1 Å². The van der Waals surface area contributed by atoms with Gasteiger partial charge in [-0.25, -0.2) is 14.6 Å². The third-order valence-electron chi connectivity index (χ3n) is 4.45. The minimum atomic E-state index is -0.673. The standard InChI is InChI=1S/C25H23FN2O5/c1-3-14-32-19-11-9-18(10-12-19)25(30)33-22-13-8-17(15-23(22)31-2)16-27-28-24(29)20-6-4-5-7-21(20)26/h4-13,15-16H,3,14H2,1-2H3,(H,28,29). The number of hydrazone groups is 1. The van der Waals surface area contributed by atoms with Crippen LogP contribution in [0.2, 0.25) is 0 Å². The lowest BCUT2D eigenvalue weighted by Gasteiger charge is -2.10. The number of amides is 1. The van der Waals surface area contributed by atoms with Crippen LogP contribution in [0.25, 0.3) is 0 Å². The lowest BCUT2D eigenvalue weighted by atomic mass is 10.2. The van der Waals surface area contributed by atoms with E-state index in [9.17, 15) is 14.0 Å². The fraction of sp³-hybridized carbons (Fsp3) is 0.160. The van der Waals surface area contributed by atoms with E-state index in [0.717, 1.165) is 6.42 Å². The molecule has 0 bridgehead atoms. The van der Waals surface area contributed by atoms with Crippen LogP contribution < -0.4 is 19.6 Å². The van der Waals surface area contributed by atoms with Crippen molar-refractivity contribution in [3.8, 4) is 17.2 Å². The molecule has 0 spiro atoms. The molecule has 3 rings (SSSR count). The molecule has 33 heavy (non-hydrogen) atoms. The fourth-order valence-corrected chi connectivity index (χ4v) is 2.79. The Morgan fingerprint density at radius 1 is 1.03 bits per heavy atom. The molecular formula is C25H23FN2O5. The number of hydrogen-bond acceptors (Lipinski definition) is 6. The van der Waals surface area contributed by atoms with Crippen molar-refractivity contribution in [3.63, 3.8) is 0 Å². The van der Waals surface area contributed by atoms with Crippen LogP contribution in [-0.4, -0.2) is 31.8 Å². The molecule has 3 aromatic rings. The van der Waals surface area contributed by atoms with E-state index < -0.39 is 17.7 Å². The fourth-order valence-electron chi connectivity index (χ4n) is 2.79. The van der Waals surface area contributed by atoms with Gasteiger partial charge in [0.2, 0.25) is 0 Å². The van der Waals surface area contributed by atoms with Gasteiger partial charge in [-0.3, -0.25) is 4.79 Å². The van der Waals surface area contributed by atoms with Crippen LogP contribution >= 0.6 is 0 Å². The van der Waals surface area contributed by atoms with E-state index in [1.54, 1.807) is 48.5 Å². The number of methoxy groups -OCH3 is 1. The van der Waals surface area contributed by atoms with E-state index in [2.05, 4.69) is 10.5 Å². The quantitative estimate of drug-likeness (QED) is 0.223. The van der Waals surface area contributed by atoms with Crippen molar-refractivity contribution < 1.29 is 28.2 Å². The largest absolute Gasteiger partial charge is 0.494 e. The Bertz CT molecular complexity index is 1150. The molecule has 1 amide bonds. The van der Waals surface area contributed by atoms with Gasteiger partial charge in [0, 0.05) is 0 Å². The Kier molecular flexibility index (Phi) is 8.13. The predicted octanol–water partition coefficient (Wildman–Crippen LogP) is 4.61. The zero-order valence-electron chi connectivity index (χ0n) is 18.2. The first-order valence-corrected chi connectivity index (χ1v) is 10.2. The molecule has 0 saturated carbocycles. The summed E-state index contributed by atoms with van der Waals surface area (Å²) in [6.45, 7) is 2.61. The van der Waals surface area contributed by atoms with E-state index in [1.807, 2.05) is 6.92 Å². The summed E-state index contributed by atoms with van der Waals surface area (Å²) in [4.78, 5) is 24.5. The lowest BCUT2D eigenvalue weighted by molar-refractivity contribution is 0.0729. The number of hydrogen-bond donors (Lipinski definition) is 1. The van der Waals surface area contributed by atoms with Crippen LogP contribution in [0.3, 0.4) is 0 Å². The molecule has 7 nitrogen and oxygen atoms in total. The van der Waals surface area contributed by atoms with Crippen LogP contribution in [0, 0.1) is 5.82 Å². The molecule has 0 radical (unpaired) electrons. The Morgan fingerprint density at radius 2 is 1.79 bits per heavy atom. The highest BCUT2D eigenvalue weighted by Gasteiger charge is 2.13. The highest BCUT2D eigenvalue weighted by molar-refractivity contribution is 5.95. The maximum Gasteiger partial charge on any atom is 0.343 e. The summed E-state index contributed by atoms with van der Waals surface area (Å²) in [6, 6.07) is 17.0. The topological polar surface area (TPSA) is 86.2 Å². The van der Waals surface area contributed by atoms with Crippen molar-refractivity contribution in [1.29, 1.82) is 0 Å². The number of esters is 1. The van der Waals surface area contributed by atoms with Crippen molar-refractivity contribution in [2.24, 2.45) is 5.10 Å². The van der Waals surface area contributed by atoms with Gasteiger partial charge in [0.1, 0.15) is 11.6 Å². The molecule has 8 heteroatoms. The zero-order valence-corrected chi connectivity index (χ0v) is 18.2. The monoisotopic (exact) mass is 450 g/mol. The van der Waals surface area contributed by atoms with Gasteiger partial charge in [-0.15, -0.1) is 0 Å². The highest BCUT2D eigenvalue weighted by atomic mass is 19.1. The molecule has 0 heterocycles. The maximum atomic E-state index is 13.7. The molecule has 0 aliphatic rings. The summed E-state index contributed by atoms with van der Waals surface area (Å²) in [6.07, 6.45) is 2.25. The second kappa shape index (κ2) is 11.4. The van der Waals surface area contributed by atoms with Gasteiger partial charge in [0.05, 0.1) is 31.1 Å². The molecule has 170 valence electrons. The lowest BCUT2D eigenvalue weighted by Crippen LogP contribution is -2.18. The molecule has 0 atom stereocenters. The number of nitrogens with zero attached hydrogens (tertiary/aromatic N) is 1. The average molecular weight is 450 g/mol. The predicted molar refractivity (Wildman–Crippen MR) is 122 cm³/mol. The molecule has 1 N–H and O–H groups in total. The number of carbonyl (C=O) groups is 2. The first-order valence-electron chi connectivity index (χ1n) is 10.2. The molecular weight excluding hydrogens is 427 g/mol. The summed E-state index contributed by atoms with van der Waals surface area (Å²) in [5.41, 5.74) is 3.08. The Hall–Kier alpha value is -4.20. The molecule has 0 unspecified atom stereocenters. The summed E-state index contributed by atoms with van der Waals surface area (Å²) in [7, 11) is 1.44. The zero-order chi connectivity index (χ0) is 23.6. The number of benzene rings is 3. The van der Waals surface area contributed by atoms with Crippen molar-refractivity contribution in [2.75, 3.05) is 13.7 Å². The van der Waals surface area contributed by atoms with Crippen molar-refractivity contribution in [1.82, 2.24) is 5.43 Å². The molecule has 0 saturated heterocycles. The normalized spacial score (nSPS) is 10.6. The molecule has 0 aliphatic heterocycles. The van der Waals surface area contributed by atoms with Crippen LogP contribution in [0.4, 0.5) is 4.39 Å². The van der Waals surface area contributed by atoms with Gasteiger partial charge in [-0.2, -0.15) is 5.10 Å². The van der Waals surface area contributed by atoms with E-state index >= 15 is 0 Å². The third kappa shape index (κ3) is 6.39. The number of rotatable bonds is 9. The van der Waals surface area contributed by atoms with Crippen molar-refractivity contribution in [3.05, 3.63) is 89.2 Å². The van der Waals surface area contributed by atoms with E-state index in [1.165, 1.54) is 31.5 Å². The van der Waals surface area contributed by atoms with Gasteiger partial charge in [-0.05, 0) is 66.6 Å². The number of carbonyl (C=O) groups excluding carboxylic acids is 2. The smallest absolute Gasteiger partial charge is 0.343 e. The second-order valence-electron chi connectivity index (χ2n) is 6.85. The minimum absolute atomic E-state index is 0.112. The first kappa shape index (κ1) is 23.5. The molecule has 3 aromatic carbocycles. The van der Waals surface area contributed by atoms with Gasteiger partial charge >= 0.3 is 5.97 Å². The number of halogens is 1. The summed E-state index contributed by atoms with van der Waals surface area (Å²) >= 11 is 0. The van der Waals surface area contributed by atoms with E-state index in [0.29, 0.717) is 29.2 Å². The van der Waals surface area contributed by atoms with Crippen molar-refractivity contribution in [2.45, 2.75) is 13.3 Å². The first-order chi connectivity index (χ1) is 16.0. The Labute approximate surface area is 190 Å². The summed E-state index contributed by atoms with van der Waals surface area (Å²) < 4.78 is 29.9.